The summed E-state index contributed by atoms with van der Waals surface area (Å²) in [6.07, 6.45) is 0. The van der Waals surface area contributed by atoms with E-state index in [1.165, 1.54) is 17.4 Å². The van der Waals surface area contributed by atoms with Crippen molar-refractivity contribution in [1.82, 2.24) is 5.32 Å². The van der Waals surface area contributed by atoms with Crippen LogP contribution in [0.15, 0.2) is 18.2 Å². The van der Waals surface area contributed by atoms with Crippen LogP contribution >= 0.6 is 22.9 Å². The first-order chi connectivity index (χ1) is 9.45. The summed E-state index contributed by atoms with van der Waals surface area (Å²) in [4.78, 5) is 0.763. The SMILES string of the molecule is CCNC(c1cc(C)c(Cl)s1)c1ccc(F)c(F)c1F. The topological polar surface area (TPSA) is 12.0 Å². The summed E-state index contributed by atoms with van der Waals surface area (Å²) >= 11 is 7.32. The lowest BCUT2D eigenvalue weighted by atomic mass is 10.0. The van der Waals surface area contributed by atoms with Gasteiger partial charge in [0.1, 0.15) is 0 Å². The fraction of sp³-hybridized carbons (Fsp3) is 0.286. The summed E-state index contributed by atoms with van der Waals surface area (Å²) in [5, 5.41) is 3.07. The molecule has 0 spiro atoms. The molecule has 0 saturated heterocycles. The summed E-state index contributed by atoms with van der Waals surface area (Å²) in [6.45, 7) is 4.25. The van der Waals surface area contributed by atoms with Gasteiger partial charge in [-0.15, -0.1) is 11.3 Å². The quantitative estimate of drug-likeness (QED) is 0.796. The third kappa shape index (κ3) is 2.85. The van der Waals surface area contributed by atoms with Crippen LogP contribution in [0.5, 0.6) is 0 Å². The first-order valence-corrected chi connectivity index (χ1v) is 7.27. The van der Waals surface area contributed by atoms with E-state index in [1.807, 2.05) is 19.9 Å². The highest BCUT2D eigenvalue weighted by molar-refractivity contribution is 7.16. The van der Waals surface area contributed by atoms with Crippen LogP contribution in [0.1, 0.15) is 29.0 Å². The minimum absolute atomic E-state index is 0.0728. The van der Waals surface area contributed by atoms with Crippen molar-refractivity contribution in [2.45, 2.75) is 19.9 Å². The zero-order valence-corrected chi connectivity index (χ0v) is 12.5. The molecule has 1 N–H and O–H groups in total. The molecule has 0 radical (unpaired) electrons. The van der Waals surface area contributed by atoms with Gasteiger partial charge in [0.05, 0.1) is 10.4 Å². The van der Waals surface area contributed by atoms with Crippen LogP contribution in [0.4, 0.5) is 13.2 Å². The molecule has 0 amide bonds. The van der Waals surface area contributed by atoms with Gasteiger partial charge >= 0.3 is 0 Å². The molecule has 2 rings (SSSR count). The van der Waals surface area contributed by atoms with Crippen molar-refractivity contribution in [3.8, 4) is 0 Å². The maximum absolute atomic E-state index is 13.9. The van der Waals surface area contributed by atoms with Crippen LogP contribution < -0.4 is 5.32 Å². The van der Waals surface area contributed by atoms with Gasteiger partial charge in [-0.25, -0.2) is 13.2 Å². The second kappa shape index (κ2) is 6.16. The van der Waals surface area contributed by atoms with Crippen molar-refractivity contribution in [1.29, 1.82) is 0 Å². The van der Waals surface area contributed by atoms with Crippen molar-refractivity contribution < 1.29 is 13.2 Å². The van der Waals surface area contributed by atoms with E-state index >= 15 is 0 Å². The number of thiophene rings is 1. The molecule has 0 bridgehead atoms. The van der Waals surface area contributed by atoms with E-state index < -0.39 is 23.5 Å². The van der Waals surface area contributed by atoms with Crippen LogP contribution in [0.2, 0.25) is 4.34 Å². The van der Waals surface area contributed by atoms with Crippen LogP contribution in [-0.2, 0) is 0 Å². The predicted octanol–water partition coefficient (Wildman–Crippen LogP) is 4.83. The Kier molecular flexibility index (Phi) is 4.73. The third-order valence-electron chi connectivity index (χ3n) is 2.95. The number of hydrogen-bond donors (Lipinski definition) is 1. The molecule has 0 aliphatic heterocycles. The number of benzene rings is 1. The second-order valence-corrected chi connectivity index (χ2v) is 6.05. The van der Waals surface area contributed by atoms with Gasteiger partial charge in [-0.3, -0.25) is 0 Å². The van der Waals surface area contributed by atoms with Crippen LogP contribution in [0.3, 0.4) is 0 Å². The summed E-state index contributed by atoms with van der Waals surface area (Å²) in [5.41, 5.74) is 0.946. The molecule has 1 unspecified atom stereocenters. The van der Waals surface area contributed by atoms with E-state index in [9.17, 15) is 13.2 Å². The molecule has 0 saturated carbocycles. The lowest BCUT2D eigenvalue weighted by Crippen LogP contribution is -2.22. The van der Waals surface area contributed by atoms with Crippen molar-refractivity contribution in [3.05, 3.63) is 56.0 Å². The van der Waals surface area contributed by atoms with Crippen LogP contribution in [0.25, 0.3) is 0 Å². The first kappa shape index (κ1) is 15.4. The van der Waals surface area contributed by atoms with Crippen LogP contribution in [0, 0.1) is 24.4 Å². The van der Waals surface area contributed by atoms with Gasteiger partial charge in [0.15, 0.2) is 17.5 Å². The van der Waals surface area contributed by atoms with Crippen molar-refractivity contribution in [3.63, 3.8) is 0 Å². The van der Waals surface area contributed by atoms with Gasteiger partial charge in [-0.1, -0.05) is 24.6 Å². The van der Waals surface area contributed by atoms with E-state index in [4.69, 9.17) is 11.6 Å². The molecule has 0 aliphatic rings. The highest BCUT2D eigenvalue weighted by Crippen LogP contribution is 2.35. The minimum Gasteiger partial charge on any atom is -0.306 e. The van der Waals surface area contributed by atoms with Gasteiger partial charge in [-0.05, 0) is 31.2 Å². The molecule has 1 heterocycles. The standard InChI is InChI=1S/C14H13ClF3NS/c1-3-19-13(10-6-7(2)14(15)20-10)8-4-5-9(16)12(18)11(8)17/h4-6,13,19H,3H2,1-2H3. The summed E-state index contributed by atoms with van der Waals surface area (Å²) in [7, 11) is 0. The Balaban J connectivity index is 2.51. The molecule has 1 aromatic carbocycles. The number of aryl methyl sites for hydroxylation is 1. The van der Waals surface area contributed by atoms with Crippen molar-refractivity contribution >= 4 is 22.9 Å². The molecule has 1 aromatic heterocycles. The number of nitrogens with one attached hydrogen (secondary N) is 1. The monoisotopic (exact) mass is 319 g/mol. The van der Waals surface area contributed by atoms with E-state index in [0.29, 0.717) is 10.9 Å². The summed E-state index contributed by atoms with van der Waals surface area (Å²) in [5.74, 6) is -3.82. The van der Waals surface area contributed by atoms with Crippen molar-refractivity contribution in [2.75, 3.05) is 6.54 Å². The van der Waals surface area contributed by atoms with Gasteiger partial charge < -0.3 is 5.32 Å². The lowest BCUT2D eigenvalue weighted by Gasteiger charge is -2.18. The maximum Gasteiger partial charge on any atom is 0.194 e. The second-order valence-electron chi connectivity index (χ2n) is 4.36. The molecule has 20 heavy (non-hydrogen) atoms. The Morgan fingerprint density at radius 3 is 2.50 bits per heavy atom. The zero-order valence-electron chi connectivity index (χ0n) is 10.9. The fourth-order valence-corrected chi connectivity index (χ4v) is 3.27. The smallest absolute Gasteiger partial charge is 0.194 e. The zero-order chi connectivity index (χ0) is 14.9. The molecule has 2 aromatic rings. The Bertz CT molecular complexity index is 608. The Morgan fingerprint density at radius 2 is 1.95 bits per heavy atom. The number of halogens is 4. The third-order valence-corrected chi connectivity index (χ3v) is 4.57. The molecular formula is C14H13ClF3NS. The summed E-state index contributed by atoms with van der Waals surface area (Å²) in [6, 6.07) is 3.46. The van der Waals surface area contributed by atoms with Gasteiger partial charge in [0.2, 0.25) is 0 Å². The molecule has 0 aliphatic carbocycles. The van der Waals surface area contributed by atoms with E-state index in [0.717, 1.165) is 16.5 Å². The van der Waals surface area contributed by atoms with E-state index in [2.05, 4.69) is 5.32 Å². The predicted molar refractivity (Wildman–Crippen MR) is 75.9 cm³/mol. The average Bonchev–Trinajstić information content (AvgIpc) is 2.74. The van der Waals surface area contributed by atoms with E-state index in [1.54, 1.807) is 0 Å². The minimum atomic E-state index is -1.45. The molecular weight excluding hydrogens is 307 g/mol. The average molecular weight is 320 g/mol. The normalized spacial score (nSPS) is 12.7. The van der Waals surface area contributed by atoms with E-state index in [-0.39, 0.29) is 5.56 Å². The summed E-state index contributed by atoms with van der Waals surface area (Å²) < 4.78 is 41.0. The highest BCUT2D eigenvalue weighted by Gasteiger charge is 2.23. The van der Waals surface area contributed by atoms with Gasteiger partial charge in [-0.2, -0.15) is 0 Å². The molecule has 1 atom stereocenters. The molecule has 1 nitrogen and oxygen atoms in total. The Labute approximate surface area is 124 Å². The Morgan fingerprint density at radius 1 is 1.25 bits per heavy atom. The Hall–Kier alpha value is -1.04. The fourth-order valence-electron chi connectivity index (χ4n) is 1.96. The maximum atomic E-state index is 13.9. The molecule has 0 fully saturated rings. The van der Waals surface area contributed by atoms with Crippen LogP contribution in [-0.4, -0.2) is 6.54 Å². The lowest BCUT2D eigenvalue weighted by molar-refractivity contribution is 0.434. The molecule has 108 valence electrons. The highest BCUT2D eigenvalue weighted by atomic mass is 35.5. The molecule has 6 heteroatoms. The first-order valence-electron chi connectivity index (χ1n) is 6.08. The largest absolute Gasteiger partial charge is 0.306 e. The van der Waals surface area contributed by atoms with Gasteiger partial charge in [0.25, 0.3) is 0 Å². The number of rotatable bonds is 4. The number of hydrogen-bond acceptors (Lipinski definition) is 2. The van der Waals surface area contributed by atoms with Gasteiger partial charge in [0, 0.05) is 10.4 Å². The van der Waals surface area contributed by atoms with Crippen molar-refractivity contribution in [2.24, 2.45) is 0 Å².